The fourth-order valence-corrected chi connectivity index (χ4v) is 3.13. The summed E-state index contributed by atoms with van der Waals surface area (Å²) in [5, 5.41) is 1.65. The molecule has 0 saturated carbocycles. The number of para-hydroxylation sites is 1. The Bertz CT molecular complexity index is 712. The lowest BCUT2D eigenvalue weighted by Gasteiger charge is -2.13. The van der Waals surface area contributed by atoms with Crippen molar-refractivity contribution in [2.24, 2.45) is 0 Å². The first-order chi connectivity index (χ1) is 9.25. The van der Waals surface area contributed by atoms with Gasteiger partial charge in [-0.15, -0.1) is 0 Å². The second-order valence-corrected chi connectivity index (χ2v) is 5.61. The molecule has 1 atom stereocenters. The summed E-state index contributed by atoms with van der Waals surface area (Å²) in [5.41, 5.74) is 3.08. The van der Waals surface area contributed by atoms with Gasteiger partial charge in [0.25, 0.3) is 0 Å². The Kier molecular flexibility index (Phi) is 3.54. The van der Waals surface area contributed by atoms with E-state index in [1.807, 2.05) is 42.5 Å². The third-order valence-corrected chi connectivity index (χ3v) is 4.39. The van der Waals surface area contributed by atoms with Gasteiger partial charge in [0.1, 0.15) is 5.15 Å². The van der Waals surface area contributed by atoms with Crippen LogP contribution in [-0.4, -0.2) is 4.98 Å². The van der Waals surface area contributed by atoms with E-state index >= 15 is 0 Å². The fourth-order valence-electron chi connectivity index (χ4n) is 2.09. The van der Waals surface area contributed by atoms with Crippen LogP contribution in [0.5, 0.6) is 0 Å². The third kappa shape index (κ3) is 2.51. The average Bonchev–Trinajstić information content (AvgIpc) is 2.47. The summed E-state index contributed by atoms with van der Waals surface area (Å²) in [6.07, 6.45) is 0. The number of halogens is 2. The maximum atomic E-state index is 6.31. The van der Waals surface area contributed by atoms with Gasteiger partial charge >= 0.3 is 0 Å². The molecule has 0 spiro atoms. The van der Waals surface area contributed by atoms with Crippen molar-refractivity contribution in [1.29, 1.82) is 0 Å². The normalized spacial score (nSPS) is 12.5. The number of benzene rings is 2. The van der Waals surface area contributed by atoms with Crippen LogP contribution in [0.2, 0.25) is 5.15 Å². The smallest absolute Gasteiger partial charge is 0.134 e. The van der Waals surface area contributed by atoms with Crippen molar-refractivity contribution in [3.63, 3.8) is 0 Å². The van der Waals surface area contributed by atoms with E-state index in [0.29, 0.717) is 5.15 Å². The number of pyridine rings is 1. The standard InChI is InChI=1S/C16H11BrClN/c17-15(11-6-2-1-3-7-11)13-10-12-8-4-5-9-14(12)19-16(13)18/h1-10,15H. The molecule has 0 aliphatic heterocycles. The molecule has 0 fully saturated rings. The van der Waals surface area contributed by atoms with Crippen molar-refractivity contribution in [3.8, 4) is 0 Å². The second-order valence-electron chi connectivity index (χ2n) is 4.33. The van der Waals surface area contributed by atoms with E-state index in [1.165, 1.54) is 5.56 Å². The average molecular weight is 333 g/mol. The molecule has 0 amide bonds. The van der Waals surface area contributed by atoms with Gasteiger partial charge in [0.05, 0.1) is 10.3 Å². The first kappa shape index (κ1) is 12.6. The molecule has 3 rings (SSSR count). The number of hydrogen-bond donors (Lipinski definition) is 0. The minimum atomic E-state index is 0.0540. The van der Waals surface area contributed by atoms with Gasteiger partial charge in [0.15, 0.2) is 0 Å². The number of alkyl halides is 1. The van der Waals surface area contributed by atoms with Crippen LogP contribution in [0.25, 0.3) is 10.9 Å². The van der Waals surface area contributed by atoms with Crippen LogP contribution in [0.3, 0.4) is 0 Å². The highest BCUT2D eigenvalue weighted by Crippen LogP contribution is 2.35. The predicted molar refractivity (Wildman–Crippen MR) is 84.0 cm³/mol. The Hall–Kier alpha value is -1.38. The molecule has 3 heteroatoms. The number of fused-ring (bicyclic) bond motifs is 1. The molecular weight excluding hydrogens is 322 g/mol. The minimum Gasteiger partial charge on any atom is -0.236 e. The van der Waals surface area contributed by atoms with E-state index in [2.05, 4.69) is 39.1 Å². The molecule has 0 N–H and O–H groups in total. The minimum absolute atomic E-state index is 0.0540. The highest BCUT2D eigenvalue weighted by molar-refractivity contribution is 9.09. The van der Waals surface area contributed by atoms with Crippen LogP contribution in [0.15, 0.2) is 60.7 Å². The maximum Gasteiger partial charge on any atom is 0.134 e. The first-order valence-electron chi connectivity index (χ1n) is 6.00. The largest absolute Gasteiger partial charge is 0.236 e. The molecule has 19 heavy (non-hydrogen) atoms. The van der Waals surface area contributed by atoms with Crippen LogP contribution in [0.4, 0.5) is 0 Å². The summed E-state index contributed by atoms with van der Waals surface area (Å²) in [4.78, 5) is 4.51. The predicted octanol–water partition coefficient (Wildman–Crippen LogP) is 5.37. The lowest BCUT2D eigenvalue weighted by molar-refractivity contribution is 1.15. The molecular formula is C16H11BrClN. The lowest BCUT2D eigenvalue weighted by Crippen LogP contribution is -1.96. The molecule has 1 nitrogen and oxygen atoms in total. The summed E-state index contributed by atoms with van der Waals surface area (Å²) < 4.78 is 0. The summed E-state index contributed by atoms with van der Waals surface area (Å²) in [7, 11) is 0. The molecule has 1 heterocycles. The van der Waals surface area contributed by atoms with Crippen LogP contribution in [0.1, 0.15) is 16.0 Å². The zero-order valence-corrected chi connectivity index (χ0v) is 12.4. The zero-order valence-electron chi connectivity index (χ0n) is 10.1. The van der Waals surface area contributed by atoms with Gasteiger partial charge in [-0.2, -0.15) is 0 Å². The molecule has 0 aliphatic rings. The Labute approximate surface area is 125 Å². The van der Waals surface area contributed by atoms with Crippen molar-refractivity contribution in [2.45, 2.75) is 4.83 Å². The topological polar surface area (TPSA) is 12.9 Å². The molecule has 2 aromatic carbocycles. The molecule has 0 bridgehead atoms. The molecule has 0 saturated heterocycles. The van der Waals surface area contributed by atoms with Crippen molar-refractivity contribution in [2.75, 3.05) is 0 Å². The number of nitrogens with zero attached hydrogens (tertiary/aromatic N) is 1. The Morgan fingerprint density at radius 1 is 0.947 bits per heavy atom. The third-order valence-electron chi connectivity index (χ3n) is 3.07. The number of hydrogen-bond acceptors (Lipinski definition) is 1. The van der Waals surface area contributed by atoms with Crippen LogP contribution < -0.4 is 0 Å². The van der Waals surface area contributed by atoms with Gasteiger partial charge in [-0.05, 0) is 17.7 Å². The van der Waals surface area contributed by atoms with Gasteiger partial charge in [-0.3, -0.25) is 0 Å². The summed E-state index contributed by atoms with van der Waals surface area (Å²) in [6, 6.07) is 20.3. The molecule has 3 aromatic rings. The number of rotatable bonds is 2. The van der Waals surface area contributed by atoms with Gasteiger partial charge in [0.2, 0.25) is 0 Å². The van der Waals surface area contributed by atoms with E-state index < -0.39 is 0 Å². The fraction of sp³-hybridized carbons (Fsp3) is 0.0625. The monoisotopic (exact) mass is 331 g/mol. The Morgan fingerprint density at radius 3 is 2.42 bits per heavy atom. The van der Waals surface area contributed by atoms with Gasteiger partial charge in [0, 0.05) is 10.9 Å². The van der Waals surface area contributed by atoms with Crippen LogP contribution in [0, 0.1) is 0 Å². The molecule has 94 valence electrons. The molecule has 1 unspecified atom stereocenters. The maximum absolute atomic E-state index is 6.31. The van der Waals surface area contributed by atoms with E-state index in [9.17, 15) is 0 Å². The summed E-state index contributed by atoms with van der Waals surface area (Å²) >= 11 is 10.0. The van der Waals surface area contributed by atoms with Crippen molar-refractivity contribution in [3.05, 3.63) is 76.9 Å². The van der Waals surface area contributed by atoms with E-state index in [4.69, 9.17) is 11.6 Å². The van der Waals surface area contributed by atoms with Crippen molar-refractivity contribution in [1.82, 2.24) is 4.98 Å². The van der Waals surface area contributed by atoms with Crippen molar-refractivity contribution < 1.29 is 0 Å². The molecule has 1 aromatic heterocycles. The van der Waals surface area contributed by atoms with Gasteiger partial charge < -0.3 is 0 Å². The SMILES string of the molecule is Clc1nc2ccccc2cc1C(Br)c1ccccc1. The van der Waals surface area contributed by atoms with Crippen LogP contribution >= 0.6 is 27.5 Å². The van der Waals surface area contributed by atoms with Crippen LogP contribution in [-0.2, 0) is 0 Å². The highest BCUT2D eigenvalue weighted by Gasteiger charge is 2.15. The Morgan fingerprint density at radius 2 is 1.63 bits per heavy atom. The lowest BCUT2D eigenvalue weighted by atomic mass is 10.0. The van der Waals surface area contributed by atoms with Gasteiger partial charge in [-0.25, -0.2) is 4.98 Å². The first-order valence-corrected chi connectivity index (χ1v) is 7.29. The Balaban J connectivity index is 2.12. The van der Waals surface area contributed by atoms with E-state index in [0.717, 1.165) is 16.5 Å². The van der Waals surface area contributed by atoms with E-state index in [1.54, 1.807) is 0 Å². The highest BCUT2D eigenvalue weighted by atomic mass is 79.9. The number of aromatic nitrogens is 1. The molecule has 0 aliphatic carbocycles. The quantitative estimate of drug-likeness (QED) is 0.454. The van der Waals surface area contributed by atoms with Gasteiger partial charge in [-0.1, -0.05) is 76.1 Å². The summed E-state index contributed by atoms with van der Waals surface area (Å²) in [6.45, 7) is 0. The summed E-state index contributed by atoms with van der Waals surface area (Å²) in [5.74, 6) is 0. The van der Waals surface area contributed by atoms with Crippen molar-refractivity contribution >= 4 is 38.4 Å². The molecule has 0 radical (unpaired) electrons. The van der Waals surface area contributed by atoms with E-state index in [-0.39, 0.29) is 4.83 Å². The zero-order chi connectivity index (χ0) is 13.2. The second kappa shape index (κ2) is 5.32.